The lowest BCUT2D eigenvalue weighted by atomic mass is 9.95. The maximum atomic E-state index is 9.97. The molecule has 0 bridgehead atoms. The van der Waals surface area contributed by atoms with Gasteiger partial charge < -0.3 is 19.2 Å². The van der Waals surface area contributed by atoms with Crippen molar-refractivity contribution in [2.24, 2.45) is 13.0 Å². The van der Waals surface area contributed by atoms with E-state index in [1.807, 2.05) is 30.7 Å². The third-order valence-electron chi connectivity index (χ3n) is 4.46. The summed E-state index contributed by atoms with van der Waals surface area (Å²) in [5, 5.41) is 27.3. The third kappa shape index (κ3) is 2.92. The van der Waals surface area contributed by atoms with Gasteiger partial charge in [0.05, 0.1) is 12.6 Å². The van der Waals surface area contributed by atoms with Crippen LogP contribution in [0.15, 0.2) is 16.5 Å². The number of aliphatic hydroxyl groups excluding tert-OH is 2. The van der Waals surface area contributed by atoms with E-state index < -0.39 is 6.10 Å². The van der Waals surface area contributed by atoms with Crippen molar-refractivity contribution in [2.45, 2.75) is 26.0 Å². The van der Waals surface area contributed by atoms with E-state index in [1.54, 1.807) is 0 Å². The van der Waals surface area contributed by atoms with E-state index in [2.05, 4.69) is 15.1 Å². The Morgan fingerprint density at radius 3 is 2.82 bits per heavy atom. The van der Waals surface area contributed by atoms with E-state index in [0.717, 1.165) is 24.4 Å². The van der Waals surface area contributed by atoms with Crippen LogP contribution in [0.3, 0.4) is 0 Å². The number of aryl methyl sites for hydroxylation is 1. The highest BCUT2D eigenvalue weighted by Gasteiger charge is 2.28. The molecule has 7 nitrogen and oxygen atoms in total. The first kappa shape index (κ1) is 15.2. The minimum absolute atomic E-state index is 0.0270. The lowest BCUT2D eigenvalue weighted by Gasteiger charge is -2.34. The average Bonchev–Trinajstić information content (AvgIpc) is 3.07. The van der Waals surface area contributed by atoms with Crippen LogP contribution in [-0.4, -0.2) is 55.7 Å². The summed E-state index contributed by atoms with van der Waals surface area (Å²) in [7, 11) is 1.96. The number of β-amino-alcohol motifs (C(OH)–C–C–N with tert-alkyl or cyclic N) is 1. The van der Waals surface area contributed by atoms with Crippen LogP contribution in [0.1, 0.15) is 18.0 Å². The zero-order valence-electron chi connectivity index (χ0n) is 12.9. The second-order valence-corrected chi connectivity index (χ2v) is 5.95. The topological polar surface area (TPSA) is 87.6 Å². The molecule has 3 heterocycles. The number of hydrogen-bond donors (Lipinski definition) is 2. The Labute approximate surface area is 129 Å². The molecule has 22 heavy (non-hydrogen) atoms. The fourth-order valence-corrected chi connectivity index (χ4v) is 2.84. The first-order chi connectivity index (χ1) is 10.6. The SMILES string of the molecule is Cc1ccc(-c2nnc(CN3CC[C@@H](CO)[C@H](O)C3)o2)n1C. The molecule has 0 saturated carbocycles. The van der Waals surface area contributed by atoms with Gasteiger partial charge in [-0.25, -0.2) is 0 Å². The predicted octanol–water partition coefficient (Wildman–Crippen LogP) is 0.559. The number of piperidine rings is 1. The molecule has 1 aliphatic rings. The molecule has 0 spiro atoms. The summed E-state index contributed by atoms with van der Waals surface area (Å²) in [6, 6.07) is 3.97. The molecule has 7 heteroatoms. The zero-order valence-corrected chi connectivity index (χ0v) is 12.9. The van der Waals surface area contributed by atoms with Gasteiger partial charge in [0.1, 0.15) is 5.69 Å². The van der Waals surface area contributed by atoms with E-state index in [4.69, 9.17) is 4.42 Å². The van der Waals surface area contributed by atoms with Crippen LogP contribution in [0.2, 0.25) is 0 Å². The average molecular weight is 306 g/mol. The monoisotopic (exact) mass is 306 g/mol. The van der Waals surface area contributed by atoms with Crippen molar-refractivity contribution in [3.8, 4) is 11.6 Å². The molecule has 2 aromatic rings. The van der Waals surface area contributed by atoms with E-state index in [-0.39, 0.29) is 12.5 Å². The van der Waals surface area contributed by atoms with Gasteiger partial charge in [-0.05, 0) is 32.0 Å². The Morgan fingerprint density at radius 2 is 2.18 bits per heavy atom. The molecule has 2 aromatic heterocycles. The van der Waals surface area contributed by atoms with Gasteiger partial charge in [0.15, 0.2) is 0 Å². The van der Waals surface area contributed by atoms with E-state index in [0.29, 0.717) is 24.9 Å². The fourth-order valence-electron chi connectivity index (χ4n) is 2.84. The summed E-state index contributed by atoms with van der Waals surface area (Å²) in [6.07, 6.45) is 0.270. The van der Waals surface area contributed by atoms with Crippen molar-refractivity contribution < 1.29 is 14.6 Å². The first-order valence-electron chi connectivity index (χ1n) is 7.55. The zero-order chi connectivity index (χ0) is 15.7. The van der Waals surface area contributed by atoms with Gasteiger partial charge in [0.25, 0.3) is 5.89 Å². The van der Waals surface area contributed by atoms with Crippen molar-refractivity contribution in [1.29, 1.82) is 0 Å². The molecule has 0 radical (unpaired) electrons. The highest BCUT2D eigenvalue weighted by Crippen LogP contribution is 2.22. The maximum absolute atomic E-state index is 9.97. The van der Waals surface area contributed by atoms with Crippen LogP contribution in [0.4, 0.5) is 0 Å². The smallest absolute Gasteiger partial charge is 0.264 e. The van der Waals surface area contributed by atoms with Gasteiger partial charge in [0, 0.05) is 31.8 Å². The van der Waals surface area contributed by atoms with Crippen LogP contribution >= 0.6 is 0 Å². The molecule has 120 valence electrons. The van der Waals surface area contributed by atoms with Crippen LogP contribution in [-0.2, 0) is 13.6 Å². The van der Waals surface area contributed by atoms with Gasteiger partial charge in [-0.2, -0.15) is 0 Å². The van der Waals surface area contributed by atoms with Gasteiger partial charge in [-0.15, -0.1) is 10.2 Å². The van der Waals surface area contributed by atoms with Gasteiger partial charge in [0.2, 0.25) is 5.89 Å². The van der Waals surface area contributed by atoms with Crippen LogP contribution in [0, 0.1) is 12.8 Å². The summed E-state index contributed by atoms with van der Waals surface area (Å²) in [5.74, 6) is 1.03. The number of hydrogen-bond acceptors (Lipinski definition) is 6. The Hall–Kier alpha value is -1.70. The summed E-state index contributed by atoms with van der Waals surface area (Å²) in [6.45, 7) is 3.90. The molecule has 1 fully saturated rings. The Bertz CT molecular complexity index is 637. The van der Waals surface area contributed by atoms with Crippen molar-refractivity contribution in [1.82, 2.24) is 19.7 Å². The van der Waals surface area contributed by atoms with Crippen molar-refractivity contribution in [3.05, 3.63) is 23.7 Å². The molecule has 0 amide bonds. The molecule has 2 N–H and O–H groups in total. The molecule has 1 saturated heterocycles. The fraction of sp³-hybridized carbons (Fsp3) is 0.600. The Morgan fingerprint density at radius 1 is 1.36 bits per heavy atom. The lowest BCUT2D eigenvalue weighted by Crippen LogP contribution is -2.44. The van der Waals surface area contributed by atoms with E-state index >= 15 is 0 Å². The molecule has 1 aliphatic heterocycles. The van der Waals surface area contributed by atoms with Gasteiger partial charge in [-0.3, -0.25) is 4.90 Å². The Kier molecular flexibility index (Phi) is 4.28. The highest BCUT2D eigenvalue weighted by atomic mass is 16.4. The molecular formula is C15H22N4O3. The van der Waals surface area contributed by atoms with E-state index in [9.17, 15) is 10.2 Å². The molecule has 0 aromatic carbocycles. The van der Waals surface area contributed by atoms with Crippen molar-refractivity contribution in [3.63, 3.8) is 0 Å². The van der Waals surface area contributed by atoms with Crippen LogP contribution in [0.5, 0.6) is 0 Å². The van der Waals surface area contributed by atoms with E-state index in [1.165, 1.54) is 0 Å². The second kappa shape index (κ2) is 6.20. The van der Waals surface area contributed by atoms with Gasteiger partial charge >= 0.3 is 0 Å². The number of nitrogens with zero attached hydrogens (tertiary/aromatic N) is 4. The number of aliphatic hydroxyl groups is 2. The predicted molar refractivity (Wildman–Crippen MR) is 79.9 cm³/mol. The summed E-state index contributed by atoms with van der Waals surface area (Å²) < 4.78 is 7.75. The molecule has 3 rings (SSSR count). The van der Waals surface area contributed by atoms with Crippen molar-refractivity contribution in [2.75, 3.05) is 19.7 Å². The first-order valence-corrected chi connectivity index (χ1v) is 7.55. The highest BCUT2D eigenvalue weighted by molar-refractivity contribution is 5.48. The quantitative estimate of drug-likeness (QED) is 0.858. The standard InChI is InChI=1S/C15H22N4O3/c1-10-3-4-12(18(10)2)15-17-16-14(22-15)8-19-6-5-11(9-20)13(21)7-19/h3-4,11,13,20-21H,5-9H2,1-2H3/t11-,13+/m0/s1. The summed E-state index contributed by atoms with van der Waals surface area (Å²) >= 11 is 0. The largest absolute Gasteiger partial charge is 0.418 e. The summed E-state index contributed by atoms with van der Waals surface area (Å²) in [4.78, 5) is 2.07. The minimum Gasteiger partial charge on any atom is -0.418 e. The third-order valence-corrected chi connectivity index (χ3v) is 4.46. The maximum Gasteiger partial charge on any atom is 0.264 e. The molecule has 0 aliphatic carbocycles. The Balaban J connectivity index is 1.66. The number of aromatic nitrogens is 3. The molecule has 2 atom stereocenters. The second-order valence-electron chi connectivity index (χ2n) is 5.95. The normalized spacial score (nSPS) is 23.1. The summed E-state index contributed by atoms with van der Waals surface area (Å²) in [5.41, 5.74) is 2.03. The van der Waals surface area contributed by atoms with Gasteiger partial charge in [-0.1, -0.05) is 0 Å². The van der Waals surface area contributed by atoms with Crippen LogP contribution < -0.4 is 0 Å². The lowest BCUT2D eigenvalue weighted by molar-refractivity contribution is -0.00666. The molecular weight excluding hydrogens is 284 g/mol. The molecule has 0 unspecified atom stereocenters. The minimum atomic E-state index is -0.503. The van der Waals surface area contributed by atoms with Crippen LogP contribution in [0.25, 0.3) is 11.6 Å². The van der Waals surface area contributed by atoms with Crippen molar-refractivity contribution >= 4 is 0 Å². The number of likely N-dealkylation sites (tertiary alicyclic amines) is 1. The number of rotatable bonds is 4.